The minimum Gasteiger partial charge on any atom is -0.491 e. The molecule has 1 saturated carbocycles. The Hall–Kier alpha value is -2.31. The van der Waals surface area contributed by atoms with Crippen LogP contribution in [0.5, 0.6) is 5.75 Å². The third-order valence-electron chi connectivity index (χ3n) is 3.67. The molecule has 0 heterocycles. The fraction of sp³-hybridized carbons (Fsp3) is 0.500. The molecule has 1 aromatic carbocycles. The van der Waals surface area contributed by atoms with Gasteiger partial charge in [0, 0.05) is 19.7 Å². The molecular weight excluding hydrogens is 303 g/mol. The summed E-state index contributed by atoms with van der Waals surface area (Å²) >= 11 is 0. The van der Waals surface area contributed by atoms with E-state index in [9.17, 15) is 14.0 Å². The maximum absolute atomic E-state index is 13.4. The first-order valence-electron chi connectivity index (χ1n) is 7.54. The molecule has 1 aliphatic carbocycles. The molecule has 0 aliphatic heterocycles. The van der Waals surface area contributed by atoms with Gasteiger partial charge in [-0.3, -0.25) is 4.79 Å². The van der Waals surface area contributed by atoms with Crippen LogP contribution in [0.4, 0.5) is 14.9 Å². The monoisotopic (exact) mass is 324 g/mol. The number of rotatable bonds is 7. The van der Waals surface area contributed by atoms with E-state index in [-0.39, 0.29) is 12.3 Å². The lowest BCUT2D eigenvalue weighted by molar-refractivity contribution is -0.141. The molecule has 2 amide bonds. The Balaban J connectivity index is 1.99. The van der Waals surface area contributed by atoms with Crippen LogP contribution in [0.2, 0.25) is 0 Å². The zero-order valence-corrected chi connectivity index (χ0v) is 13.2. The van der Waals surface area contributed by atoms with Gasteiger partial charge < -0.3 is 20.1 Å². The number of ether oxygens (including phenoxy) is 1. The van der Waals surface area contributed by atoms with Gasteiger partial charge in [-0.2, -0.15) is 0 Å². The Morgan fingerprint density at radius 3 is 2.78 bits per heavy atom. The van der Waals surface area contributed by atoms with Crippen molar-refractivity contribution >= 4 is 17.7 Å². The average molecular weight is 324 g/mol. The quantitative estimate of drug-likeness (QED) is 0.808. The largest absolute Gasteiger partial charge is 0.491 e. The second kappa shape index (κ2) is 7.30. The number of carboxylic acids is 1. The Labute approximate surface area is 134 Å². The molecular formula is C16H21FN2O4. The second-order valence-electron chi connectivity index (χ2n) is 5.94. The summed E-state index contributed by atoms with van der Waals surface area (Å²) in [5.74, 6) is -1.31. The van der Waals surface area contributed by atoms with Crippen molar-refractivity contribution in [3.8, 4) is 5.75 Å². The number of anilines is 1. The fourth-order valence-corrected chi connectivity index (χ4v) is 1.99. The fourth-order valence-electron chi connectivity index (χ4n) is 1.99. The third kappa shape index (κ3) is 5.12. The number of carboxylic acid groups (broad SMARTS) is 1. The van der Waals surface area contributed by atoms with Crippen LogP contribution >= 0.6 is 0 Å². The van der Waals surface area contributed by atoms with E-state index < -0.39 is 23.7 Å². The number of hydrogen-bond donors (Lipinski definition) is 2. The number of carbonyl (C=O) groups is 2. The number of carbonyl (C=O) groups excluding carboxylic acids is 1. The van der Waals surface area contributed by atoms with E-state index in [4.69, 9.17) is 9.84 Å². The van der Waals surface area contributed by atoms with E-state index in [2.05, 4.69) is 5.32 Å². The number of urea groups is 1. The van der Waals surface area contributed by atoms with Crippen LogP contribution in [0.15, 0.2) is 18.2 Å². The van der Waals surface area contributed by atoms with Crippen LogP contribution in [0.1, 0.15) is 19.8 Å². The minimum absolute atomic E-state index is 0.0701. The molecule has 0 aromatic heterocycles. The Kier molecular flexibility index (Phi) is 5.41. The van der Waals surface area contributed by atoms with Gasteiger partial charge in [-0.1, -0.05) is 6.92 Å². The number of amides is 2. The highest BCUT2D eigenvalue weighted by atomic mass is 19.1. The molecule has 2 rings (SSSR count). The molecule has 2 N–H and O–H groups in total. The van der Waals surface area contributed by atoms with Crippen LogP contribution < -0.4 is 10.1 Å². The van der Waals surface area contributed by atoms with Crippen molar-refractivity contribution in [3.05, 3.63) is 24.0 Å². The molecule has 0 radical (unpaired) electrons. The summed E-state index contributed by atoms with van der Waals surface area (Å²) in [5, 5.41) is 11.5. The van der Waals surface area contributed by atoms with Crippen molar-refractivity contribution in [2.24, 2.45) is 11.8 Å². The molecule has 0 saturated heterocycles. The van der Waals surface area contributed by atoms with Gasteiger partial charge in [0.05, 0.1) is 18.2 Å². The zero-order valence-electron chi connectivity index (χ0n) is 13.2. The molecule has 7 heteroatoms. The summed E-state index contributed by atoms with van der Waals surface area (Å²) in [6, 6.07) is 3.43. The summed E-state index contributed by atoms with van der Waals surface area (Å²) in [7, 11) is 1.50. The molecule has 1 unspecified atom stereocenters. The summed E-state index contributed by atoms with van der Waals surface area (Å²) in [6.07, 6.45) is 2.21. The molecule has 126 valence electrons. The first-order chi connectivity index (χ1) is 10.9. The first kappa shape index (κ1) is 17.1. The van der Waals surface area contributed by atoms with Crippen LogP contribution in [0.3, 0.4) is 0 Å². The first-order valence-corrected chi connectivity index (χ1v) is 7.54. The molecule has 1 aromatic rings. The van der Waals surface area contributed by atoms with Crippen LogP contribution in [-0.4, -0.2) is 42.2 Å². The minimum atomic E-state index is -0.972. The SMILES string of the molecule is CC(CN(C)C(=O)Nc1ccc(F)cc1OCC1CC1)C(=O)O. The molecule has 1 fully saturated rings. The van der Waals surface area contributed by atoms with Gasteiger partial charge >= 0.3 is 12.0 Å². The van der Waals surface area contributed by atoms with Gasteiger partial charge in [-0.05, 0) is 30.9 Å². The lowest BCUT2D eigenvalue weighted by atomic mass is 10.2. The van der Waals surface area contributed by atoms with Gasteiger partial charge in [0.15, 0.2) is 0 Å². The zero-order chi connectivity index (χ0) is 17.0. The maximum Gasteiger partial charge on any atom is 0.321 e. The van der Waals surface area contributed by atoms with Crippen LogP contribution in [-0.2, 0) is 4.79 Å². The van der Waals surface area contributed by atoms with E-state index >= 15 is 0 Å². The lowest BCUT2D eigenvalue weighted by Gasteiger charge is -2.21. The lowest BCUT2D eigenvalue weighted by Crippen LogP contribution is -2.36. The van der Waals surface area contributed by atoms with Gasteiger partial charge in [0.1, 0.15) is 11.6 Å². The van der Waals surface area contributed by atoms with Crippen molar-refractivity contribution in [2.45, 2.75) is 19.8 Å². The molecule has 6 nitrogen and oxygen atoms in total. The summed E-state index contributed by atoms with van der Waals surface area (Å²) in [5.41, 5.74) is 0.367. The maximum atomic E-state index is 13.4. The van der Waals surface area contributed by atoms with Crippen molar-refractivity contribution in [1.29, 1.82) is 0 Å². The van der Waals surface area contributed by atoms with Crippen molar-refractivity contribution in [2.75, 3.05) is 25.5 Å². The third-order valence-corrected chi connectivity index (χ3v) is 3.67. The Morgan fingerprint density at radius 1 is 1.48 bits per heavy atom. The van der Waals surface area contributed by atoms with Crippen LogP contribution in [0.25, 0.3) is 0 Å². The summed E-state index contributed by atoms with van der Waals surface area (Å²) in [6.45, 7) is 2.09. The normalized spacial score (nSPS) is 14.9. The highest BCUT2D eigenvalue weighted by Crippen LogP contribution is 2.32. The molecule has 1 atom stereocenters. The predicted molar refractivity (Wildman–Crippen MR) is 83.1 cm³/mol. The van der Waals surface area contributed by atoms with E-state index in [1.165, 1.54) is 37.1 Å². The van der Waals surface area contributed by atoms with E-state index in [1.54, 1.807) is 0 Å². The van der Waals surface area contributed by atoms with Gasteiger partial charge in [0.25, 0.3) is 0 Å². The predicted octanol–water partition coefficient (Wildman–Crippen LogP) is 2.80. The standard InChI is InChI=1S/C16H21FN2O4/c1-10(15(20)21)8-19(2)16(22)18-13-6-5-12(17)7-14(13)23-9-11-3-4-11/h5-7,10-11H,3-4,8-9H2,1-2H3,(H,18,22)(H,20,21). The number of hydrogen-bond acceptors (Lipinski definition) is 3. The summed E-state index contributed by atoms with van der Waals surface area (Å²) in [4.78, 5) is 24.2. The average Bonchev–Trinajstić information content (AvgIpc) is 3.31. The molecule has 0 spiro atoms. The van der Waals surface area contributed by atoms with Crippen molar-refractivity contribution in [3.63, 3.8) is 0 Å². The molecule has 23 heavy (non-hydrogen) atoms. The number of benzene rings is 1. The number of aliphatic carboxylic acids is 1. The highest BCUT2D eigenvalue weighted by Gasteiger charge is 2.23. The van der Waals surface area contributed by atoms with Gasteiger partial charge in [0.2, 0.25) is 0 Å². The molecule has 0 bridgehead atoms. The summed E-state index contributed by atoms with van der Waals surface area (Å²) < 4.78 is 19.0. The van der Waals surface area contributed by atoms with E-state index in [1.807, 2.05) is 0 Å². The molecule has 1 aliphatic rings. The van der Waals surface area contributed by atoms with Crippen molar-refractivity contribution in [1.82, 2.24) is 4.90 Å². The number of halogens is 1. The van der Waals surface area contributed by atoms with Crippen LogP contribution in [0, 0.1) is 17.7 Å². The topological polar surface area (TPSA) is 78.9 Å². The highest BCUT2D eigenvalue weighted by molar-refractivity contribution is 5.91. The van der Waals surface area contributed by atoms with E-state index in [0.29, 0.717) is 18.2 Å². The van der Waals surface area contributed by atoms with Gasteiger partial charge in [-0.25, -0.2) is 9.18 Å². The van der Waals surface area contributed by atoms with E-state index in [0.717, 1.165) is 12.8 Å². The number of nitrogens with one attached hydrogen (secondary N) is 1. The van der Waals surface area contributed by atoms with Gasteiger partial charge in [-0.15, -0.1) is 0 Å². The number of nitrogens with zero attached hydrogens (tertiary/aromatic N) is 1. The second-order valence-corrected chi connectivity index (χ2v) is 5.94. The Bertz CT molecular complexity index is 589. The Morgan fingerprint density at radius 2 is 2.17 bits per heavy atom. The smallest absolute Gasteiger partial charge is 0.321 e. The van der Waals surface area contributed by atoms with Crippen molar-refractivity contribution < 1.29 is 23.8 Å².